The summed E-state index contributed by atoms with van der Waals surface area (Å²) < 4.78 is 0. The molecule has 1 heterocycles. The fraction of sp³-hybridized carbons (Fsp3) is 0.167. The lowest BCUT2D eigenvalue weighted by Gasteiger charge is -2.05. The minimum absolute atomic E-state index is 0.480. The molecule has 2 aromatic rings. The zero-order valence-electron chi connectivity index (χ0n) is 8.40. The van der Waals surface area contributed by atoms with Gasteiger partial charge in [-0.15, -0.1) is 11.8 Å². The fourth-order valence-electron chi connectivity index (χ4n) is 1.50. The Hall–Kier alpha value is -1.53. The zero-order valence-corrected chi connectivity index (χ0v) is 9.21. The molecule has 74 valence electrons. The summed E-state index contributed by atoms with van der Waals surface area (Å²) in [6, 6.07) is 12.2. The molecule has 0 saturated heterocycles. The van der Waals surface area contributed by atoms with Gasteiger partial charge in [-0.3, -0.25) is 4.98 Å². The molecule has 0 N–H and O–H groups in total. The van der Waals surface area contributed by atoms with Crippen molar-refractivity contribution in [3.05, 3.63) is 36.0 Å². The monoisotopic (exact) mass is 214 g/mol. The summed E-state index contributed by atoms with van der Waals surface area (Å²) in [5.41, 5.74) is 1.99. The van der Waals surface area contributed by atoms with E-state index < -0.39 is 0 Å². The highest BCUT2D eigenvalue weighted by Gasteiger charge is 2.03. The van der Waals surface area contributed by atoms with Gasteiger partial charge in [0.1, 0.15) is 0 Å². The van der Waals surface area contributed by atoms with Gasteiger partial charge in [-0.2, -0.15) is 5.26 Å². The molecule has 0 amide bonds. The Morgan fingerprint density at radius 3 is 3.00 bits per heavy atom. The highest BCUT2D eigenvalue weighted by Crippen LogP contribution is 2.27. The van der Waals surface area contributed by atoms with Gasteiger partial charge in [0.05, 0.1) is 17.3 Å². The Balaban J connectivity index is 2.56. The van der Waals surface area contributed by atoms with Gasteiger partial charge in [0.25, 0.3) is 0 Å². The second kappa shape index (κ2) is 4.33. The summed E-state index contributed by atoms with van der Waals surface area (Å²) in [7, 11) is 0. The van der Waals surface area contributed by atoms with Crippen molar-refractivity contribution in [3.8, 4) is 6.07 Å². The molecule has 0 fully saturated rings. The van der Waals surface area contributed by atoms with E-state index in [9.17, 15) is 0 Å². The maximum Gasteiger partial charge on any atom is 0.0855 e. The Kier molecular flexibility index (Phi) is 2.89. The molecule has 1 aromatic carbocycles. The van der Waals surface area contributed by atoms with Gasteiger partial charge in [0.2, 0.25) is 0 Å². The van der Waals surface area contributed by atoms with Gasteiger partial charge >= 0.3 is 0 Å². The zero-order chi connectivity index (χ0) is 10.7. The number of fused-ring (bicyclic) bond motifs is 1. The molecule has 0 aliphatic carbocycles. The van der Waals surface area contributed by atoms with E-state index in [1.54, 1.807) is 11.8 Å². The average molecular weight is 214 g/mol. The average Bonchev–Trinajstić information content (AvgIpc) is 2.25. The summed E-state index contributed by atoms with van der Waals surface area (Å²) in [6.45, 7) is 1.98. The molecule has 0 aliphatic rings. The van der Waals surface area contributed by atoms with Gasteiger partial charge < -0.3 is 0 Å². The van der Waals surface area contributed by atoms with Crippen LogP contribution in [0.4, 0.5) is 0 Å². The fourth-order valence-corrected chi connectivity index (χ4v) is 2.30. The van der Waals surface area contributed by atoms with E-state index in [0.717, 1.165) is 21.5 Å². The second-order valence-electron chi connectivity index (χ2n) is 3.23. The highest BCUT2D eigenvalue weighted by atomic mass is 32.2. The van der Waals surface area contributed by atoms with Gasteiger partial charge in [-0.25, -0.2) is 0 Å². The van der Waals surface area contributed by atoms with Gasteiger partial charge in [0, 0.05) is 16.0 Å². The number of para-hydroxylation sites is 1. The molecular weight excluding hydrogens is 204 g/mol. The number of thioether (sulfide) groups is 1. The maximum absolute atomic E-state index is 8.58. The van der Waals surface area contributed by atoms with Crippen molar-refractivity contribution in [1.82, 2.24) is 4.98 Å². The summed E-state index contributed by atoms with van der Waals surface area (Å²) >= 11 is 1.56. The summed E-state index contributed by atoms with van der Waals surface area (Å²) in [6.07, 6.45) is 0. The molecule has 15 heavy (non-hydrogen) atoms. The standard InChI is InChI=1S/C12H10N2S/c1-9-8-12(15-7-6-13)10-4-2-3-5-11(10)14-9/h2-5,8H,7H2,1H3. The summed E-state index contributed by atoms with van der Waals surface area (Å²) in [5.74, 6) is 0.480. The van der Waals surface area contributed by atoms with Crippen molar-refractivity contribution < 1.29 is 0 Å². The van der Waals surface area contributed by atoms with Crippen molar-refractivity contribution in [2.45, 2.75) is 11.8 Å². The van der Waals surface area contributed by atoms with Crippen molar-refractivity contribution in [2.75, 3.05) is 5.75 Å². The van der Waals surface area contributed by atoms with Crippen molar-refractivity contribution in [2.24, 2.45) is 0 Å². The Morgan fingerprint density at radius 2 is 2.20 bits per heavy atom. The van der Waals surface area contributed by atoms with Crippen LogP contribution in [0.2, 0.25) is 0 Å². The lowest BCUT2D eigenvalue weighted by atomic mass is 10.2. The molecule has 0 radical (unpaired) electrons. The number of hydrogen-bond donors (Lipinski definition) is 0. The molecule has 2 nitrogen and oxygen atoms in total. The number of benzene rings is 1. The van der Waals surface area contributed by atoms with Crippen LogP contribution in [0.25, 0.3) is 10.9 Å². The van der Waals surface area contributed by atoms with Crippen LogP contribution in [0.5, 0.6) is 0 Å². The Morgan fingerprint density at radius 1 is 1.40 bits per heavy atom. The molecule has 1 aromatic heterocycles. The maximum atomic E-state index is 8.58. The van der Waals surface area contributed by atoms with E-state index in [4.69, 9.17) is 5.26 Å². The van der Waals surface area contributed by atoms with Gasteiger partial charge in [-0.05, 0) is 19.1 Å². The second-order valence-corrected chi connectivity index (χ2v) is 4.24. The van der Waals surface area contributed by atoms with Crippen LogP contribution < -0.4 is 0 Å². The van der Waals surface area contributed by atoms with Crippen molar-refractivity contribution in [1.29, 1.82) is 5.26 Å². The van der Waals surface area contributed by atoms with Crippen LogP contribution in [-0.4, -0.2) is 10.7 Å². The predicted octanol–water partition coefficient (Wildman–Crippen LogP) is 3.16. The van der Waals surface area contributed by atoms with Crippen LogP contribution in [0.3, 0.4) is 0 Å². The number of aryl methyl sites for hydroxylation is 1. The highest BCUT2D eigenvalue weighted by molar-refractivity contribution is 7.99. The SMILES string of the molecule is Cc1cc(SCC#N)c2ccccc2n1. The van der Waals surface area contributed by atoms with E-state index >= 15 is 0 Å². The number of nitriles is 1. The first-order valence-corrected chi connectivity index (χ1v) is 5.66. The van der Waals surface area contributed by atoms with Crippen LogP contribution in [0.15, 0.2) is 35.2 Å². The largest absolute Gasteiger partial charge is 0.253 e. The van der Waals surface area contributed by atoms with E-state index in [1.165, 1.54) is 0 Å². The molecule has 0 saturated carbocycles. The summed E-state index contributed by atoms with van der Waals surface area (Å²) in [4.78, 5) is 5.59. The molecule has 0 bridgehead atoms. The molecule has 0 unspecified atom stereocenters. The lowest BCUT2D eigenvalue weighted by Crippen LogP contribution is -1.86. The molecule has 0 aliphatic heterocycles. The molecule has 0 spiro atoms. The van der Waals surface area contributed by atoms with Crippen LogP contribution in [0.1, 0.15) is 5.69 Å². The normalized spacial score (nSPS) is 10.1. The smallest absolute Gasteiger partial charge is 0.0855 e. The molecule has 3 heteroatoms. The van der Waals surface area contributed by atoms with E-state index in [-0.39, 0.29) is 0 Å². The first-order chi connectivity index (χ1) is 7.31. The van der Waals surface area contributed by atoms with Crippen molar-refractivity contribution >= 4 is 22.7 Å². The predicted molar refractivity (Wildman–Crippen MR) is 62.8 cm³/mol. The van der Waals surface area contributed by atoms with E-state index in [2.05, 4.69) is 11.1 Å². The first-order valence-electron chi connectivity index (χ1n) is 4.67. The first kappa shape index (κ1) is 10.0. The van der Waals surface area contributed by atoms with Crippen LogP contribution in [-0.2, 0) is 0 Å². The summed E-state index contributed by atoms with van der Waals surface area (Å²) in [5, 5.41) is 9.71. The van der Waals surface area contributed by atoms with Gasteiger partial charge in [-0.1, -0.05) is 18.2 Å². The van der Waals surface area contributed by atoms with Crippen molar-refractivity contribution in [3.63, 3.8) is 0 Å². The minimum atomic E-state index is 0.480. The quantitative estimate of drug-likeness (QED) is 0.720. The molecular formula is C12H10N2S. The third-order valence-corrected chi connectivity index (χ3v) is 3.02. The third-order valence-electron chi connectivity index (χ3n) is 2.10. The van der Waals surface area contributed by atoms with E-state index in [1.807, 2.05) is 37.3 Å². The third kappa shape index (κ3) is 2.11. The minimum Gasteiger partial charge on any atom is -0.253 e. The lowest BCUT2D eigenvalue weighted by molar-refractivity contribution is 1.22. The van der Waals surface area contributed by atoms with Crippen LogP contribution >= 0.6 is 11.8 Å². The molecule has 2 rings (SSSR count). The number of rotatable bonds is 2. The molecule has 0 atom stereocenters. The number of pyridine rings is 1. The van der Waals surface area contributed by atoms with Gasteiger partial charge in [0.15, 0.2) is 0 Å². The number of nitrogens with zero attached hydrogens (tertiary/aromatic N) is 2. The number of hydrogen-bond acceptors (Lipinski definition) is 3. The Labute approximate surface area is 92.9 Å². The topological polar surface area (TPSA) is 36.7 Å². The Bertz CT molecular complexity index is 529. The van der Waals surface area contributed by atoms with E-state index in [0.29, 0.717) is 5.75 Å². The number of aromatic nitrogens is 1. The van der Waals surface area contributed by atoms with Crippen LogP contribution in [0, 0.1) is 18.3 Å².